The highest BCUT2D eigenvalue weighted by Crippen LogP contribution is 2.37. The van der Waals surface area contributed by atoms with Crippen LogP contribution >= 0.6 is 11.6 Å². The first-order valence-corrected chi connectivity index (χ1v) is 9.25. The van der Waals surface area contributed by atoms with Crippen molar-refractivity contribution in [1.82, 2.24) is 0 Å². The van der Waals surface area contributed by atoms with Crippen LogP contribution in [0.5, 0.6) is 11.5 Å². The zero-order valence-electron chi connectivity index (χ0n) is 15.3. The predicted molar refractivity (Wildman–Crippen MR) is 107 cm³/mol. The lowest BCUT2D eigenvalue weighted by Crippen LogP contribution is -2.04. The van der Waals surface area contributed by atoms with Crippen LogP contribution in [0.3, 0.4) is 0 Å². The van der Waals surface area contributed by atoms with Crippen LogP contribution in [0.4, 0.5) is 14.5 Å². The number of rotatable bonds is 8. The highest BCUT2D eigenvalue weighted by atomic mass is 35.5. The van der Waals surface area contributed by atoms with Gasteiger partial charge in [-0.05, 0) is 66.6 Å². The topological polar surface area (TPSA) is 30.5 Å². The van der Waals surface area contributed by atoms with Crippen LogP contribution in [0, 0.1) is 11.6 Å². The van der Waals surface area contributed by atoms with Gasteiger partial charge in [0.2, 0.25) is 0 Å². The number of hydrogen-bond donors (Lipinski definition) is 1. The number of ether oxygens (including phenoxy) is 2. The van der Waals surface area contributed by atoms with Crippen molar-refractivity contribution in [1.29, 1.82) is 0 Å². The quantitative estimate of drug-likeness (QED) is 0.485. The molecule has 0 amide bonds. The van der Waals surface area contributed by atoms with Gasteiger partial charge in [-0.1, -0.05) is 23.7 Å². The summed E-state index contributed by atoms with van der Waals surface area (Å²) in [5.41, 5.74) is 2.51. The Balaban J connectivity index is 1.73. The summed E-state index contributed by atoms with van der Waals surface area (Å²) in [4.78, 5) is 0. The first-order chi connectivity index (χ1) is 13.5. The van der Waals surface area contributed by atoms with Crippen LogP contribution in [-0.2, 0) is 13.2 Å². The summed E-state index contributed by atoms with van der Waals surface area (Å²) in [6.45, 7) is 3.07. The standard InChI is InChI=1S/C22H20ClF2NO2/c1-2-27-21-12-16(13-26-19-9-7-18(25)8-10-19)11-20(23)22(21)28-14-15-3-5-17(24)6-4-15/h3-12,26H,2,13-14H2,1H3. The molecule has 0 saturated heterocycles. The van der Waals surface area contributed by atoms with E-state index < -0.39 is 0 Å². The lowest BCUT2D eigenvalue weighted by atomic mass is 10.2. The zero-order valence-corrected chi connectivity index (χ0v) is 16.1. The molecule has 0 spiro atoms. The van der Waals surface area contributed by atoms with Crippen molar-refractivity contribution in [3.8, 4) is 11.5 Å². The molecule has 0 aromatic heterocycles. The summed E-state index contributed by atoms with van der Waals surface area (Å²) in [6, 6.07) is 15.9. The van der Waals surface area contributed by atoms with E-state index in [9.17, 15) is 8.78 Å². The van der Waals surface area contributed by atoms with Crippen molar-refractivity contribution in [2.45, 2.75) is 20.1 Å². The van der Waals surface area contributed by atoms with Crippen LogP contribution in [0.15, 0.2) is 60.7 Å². The minimum Gasteiger partial charge on any atom is -0.490 e. The average molecular weight is 404 g/mol. The third-order valence-corrected chi connectivity index (χ3v) is 4.29. The van der Waals surface area contributed by atoms with E-state index in [4.69, 9.17) is 21.1 Å². The normalized spacial score (nSPS) is 10.6. The number of halogens is 3. The third kappa shape index (κ3) is 5.36. The zero-order chi connectivity index (χ0) is 19.9. The van der Waals surface area contributed by atoms with E-state index in [0.29, 0.717) is 29.7 Å². The lowest BCUT2D eigenvalue weighted by Gasteiger charge is -2.16. The summed E-state index contributed by atoms with van der Waals surface area (Å²) in [5, 5.41) is 3.63. The smallest absolute Gasteiger partial charge is 0.180 e. The van der Waals surface area contributed by atoms with E-state index in [0.717, 1.165) is 16.8 Å². The second-order valence-corrected chi connectivity index (χ2v) is 6.52. The molecule has 0 saturated carbocycles. The minimum absolute atomic E-state index is 0.243. The second kappa shape index (κ2) is 9.42. The lowest BCUT2D eigenvalue weighted by molar-refractivity contribution is 0.269. The highest BCUT2D eigenvalue weighted by molar-refractivity contribution is 6.32. The van der Waals surface area contributed by atoms with Gasteiger partial charge >= 0.3 is 0 Å². The molecule has 0 heterocycles. The molecule has 0 aliphatic heterocycles. The van der Waals surface area contributed by atoms with E-state index in [1.807, 2.05) is 13.0 Å². The maximum atomic E-state index is 13.0. The molecule has 3 aromatic carbocycles. The molecule has 146 valence electrons. The van der Waals surface area contributed by atoms with Crippen LogP contribution in [-0.4, -0.2) is 6.61 Å². The first-order valence-electron chi connectivity index (χ1n) is 8.87. The Labute approximate surface area is 167 Å². The van der Waals surface area contributed by atoms with Gasteiger partial charge in [-0.3, -0.25) is 0 Å². The van der Waals surface area contributed by atoms with Crippen LogP contribution in [0.1, 0.15) is 18.1 Å². The highest BCUT2D eigenvalue weighted by Gasteiger charge is 2.13. The Kier molecular flexibility index (Phi) is 6.71. The Bertz CT molecular complexity index is 915. The summed E-state index contributed by atoms with van der Waals surface area (Å²) in [5.74, 6) is 0.399. The van der Waals surface area contributed by atoms with Gasteiger partial charge < -0.3 is 14.8 Å². The van der Waals surface area contributed by atoms with Gasteiger partial charge in [0.15, 0.2) is 11.5 Å². The predicted octanol–water partition coefficient (Wildman–Crippen LogP) is 6.21. The van der Waals surface area contributed by atoms with Crippen molar-refractivity contribution in [2.75, 3.05) is 11.9 Å². The monoisotopic (exact) mass is 403 g/mol. The van der Waals surface area contributed by atoms with Crippen LogP contribution in [0.25, 0.3) is 0 Å². The van der Waals surface area contributed by atoms with Gasteiger partial charge in [0.05, 0.1) is 11.6 Å². The summed E-state index contributed by atoms with van der Waals surface area (Å²) >= 11 is 6.42. The van der Waals surface area contributed by atoms with E-state index in [1.54, 1.807) is 30.3 Å². The Morgan fingerprint density at radius 2 is 1.50 bits per heavy atom. The molecule has 3 rings (SSSR count). The van der Waals surface area contributed by atoms with Gasteiger partial charge in [-0.2, -0.15) is 0 Å². The fourth-order valence-electron chi connectivity index (χ4n) is 2.63. The molecule has 0 radical (unpaired) electrons. The summed E-state index contributed by atoms with van der Waals surface area (Å²) < 4.78 is 37.6. The second-order valence-electron chi connectivity index (χ2n) is 6.11. The van der Waals surface area contributed by atoms with Crippen LogP contribution in [0.2, 0.25) is 5.02 Å². The van der Waals surface area contributed by atoms with Gasteiger partial charge in [0.1, 0.15) is 18.2 Å². The summed E-state index contributed by atoms with van der Waals surface area (Å²) in [6.07, 6.45) is 0. The van der Waals surface area contributed by atoms with E-state index in [2.05, 4.69) is 5.32 Å². The third-order valence-electron chi connectivity index (χ3n) is 4.01. The molecule has 3 nitrogen and oxygen atoms in total. The van der Waals surface area contributed by atoms with Gasteiger partial charge in [-0.15, -0.1) is 0 Å². The molecule has 0 atom stereocenters. The SMILES string of the molecule is CCOc1cc(CNc2ccc(F)cc2)cc(Cl)c1OCc1ccc(F)cc1. The molecule has 0 bridgehead atoms. The number of benzene rings is 3. The molecule has 28 heavy (non-hydrogen) atoms. The van der Waals surface area contributed by atoms with E-state index in [1.165, 1.54) is 24.3 Å². The number of hydrogen-bond acceptors (Lipinski definition) is 3. The molecule has 0 aliphatic carbocycles. The van der Waals surface area contributed by atoms with Crippen molar-refractivity contribution in [3.05, 3.63) is 88.4 Å². The Hall–Kier alpha value is -2.79. The molecular weight excluding hydrogens is 384 g/mol. The van der Waals surface area contributed by atoms with E-state index in [-0.39, 0.29) is 18.2 Å². The maximum Gasteiger partial charge on any atom is 0.180 e. The minimum atomic E-state index is -0.296. The van der Waals surface area contributed by atoms with Gasteiger partial charge in [0, 0.05) is 12.2 Å². The molecule has 1 N–H and O–H groups in total. The summed E-state index contributed by atoms with van der Waals surface area (Å²) in [7, 11) is 0. The fraction of sp³-hybridized carbons (Fsp3) is 0.182. The molecule has 0 aliphatic rings. The average Bonchev–Trinajstić information content (AvgIpc) is 2.68. The maximum absolute atomic E-state index is 13.0. The molecule has 0 fully saturated rings. The Morgan fingerprint density at radius 3 is 2.14 bits per heavy atom. The first kappa shape index (κ1) is 20.0. The molecule has 6 heteroatoms. The van der Waals surface area contributed by atoms with Gasteiger partial charge in [0.25, 0.3) is 0 Å². The van der Waals surface area contributed by atoms with E-state index >= 15 is 0 Å². The van der Waals surface area contributed by atoms with Crippen molar-refractivity contribution in [2.24, 2.45) is 0 Å². The largest absolute Gasteiger partial charge is 0.490 e. The number of nitrogens with one attached hydrogen (secondary N) is 1. The van der Waals surface area contributed by atoms with Crippen molar-refractivity contribution < 1.29 is 18.3 Å². The Morgan fingerprint density at radius 1 is 0.857 bits per heavy atom. The number of anilines is 1. The van der Waals surface area contributed by atoms with Crippen molar-refractivity contribution in [3.63, 3.8) is 0 Å². The fourth-order valence-corrected chi connectivity index (χ4v) is 2.92. The molecular formula is C22H20ClF2NO2. The van der Waals surface area contributed by atoms with Crippen LogP contribution < -0.4 is 14.8 Å². The van der Waals surface area contributed by atoms with Gasteiger partial charge in [-0.25, -0.2) is 8.78 Å². The van der Waals surface area contributed by atoms with Crippen molar-refractivity contribution >= 4 is 17.3 Å². The molecule has 0 unspecified atom stereocenters. The molecule has 3 aromatic rings.